The summed E-state index contributed by atoms with van der Waals surface area (Å²) in [6.07, 6.45) is 2.39. The largest absolute Gasteiger partial charge is 0.384 e. The molecular formula is C20H19N5. The molecule has 0 aliphatic heterocycles. The molecule has 124 valence electrons. The number of nitrogen functional groups attached to an aromatic ring is 1. The van der Waals surface area contributed by atoms with Gasteiger partial charge in [0.25, 0.3) is 0 Å². The Labute approximate surface area is 146 Å². The molecule has 0 aliphatic rings. The molecule has 0 saturated carbocycles. The van der Waals surface area contributed by atoms with Crippen LogP contribution in [0.2, 0.25) is 0 Å². The fraction of sp³-hybridized carbons (Fsp3) is 0.100. The molecule has 0 spiro atoms. The predicted molar refractivity (Wildman–Crippen MR) is 100 cm³/mol. The van der Waals surface area contributed by atoms with Crippen LogP contribution in [-0.4, -0.2) is 14.6 Å². The zero-order valence-corrected chi connectivity index (χ0v) is 13.7. The van der Waals surface area contributed by atoms with Crippen LogP contribution < -0.4 is 11.1 Å². The number of nitrogens with zero attached hydrogens (tertiary/aromatic N) is 3. The number of anilines is 2. The maximum absolute atomic E-state index is 6.09. The Morgan fingerprint density at radius 1 is 0.960 bits per heavy atom. The van der Waals surface area contributed by atoms with Gasteiger partial charge in [-0.15, -0.1) is 0 Å². The normalized spacial score (nSPS) is 12.2. The van der Waals surface area contributed by atoms with Gasteiger partial charge < -0.3 is 11.1 Å². The van der Waals surface area contributed by atoms with E-state index < -0.39 is 0 Å². The third-order valence-electron chi connectivity index (χ3n) is 4.23. The van der Waals surface area contributed by atoms with E-state index in [1.165, 1.54) is 17.5 Å². The van der Waals surface area contributed by atoms with E-state index in [0.29, 0.717) is 5.82 Å². The van der Waals surface area contributed by atoms with Crippen molar-refractivity contribution >= 4 is 17.2 Å². The van der Waals surface area contributed by atoms with E-state index >= 15 is 0 Å². The van der Waals surface area contributed by atoms with Crippen LogP contribution in [0, 0.1) is 0 Å². The molecule has 5 nitrogen and oxygen atoms in total. The van der Waals surface area contributed by atoms with Gasteiger partial charge in [0.05, 0.1) is 6.04 Å². The molecule has 0 bridgehead atoms. The van der Waals surface area contributed by atoms with E-state index in [9.17, 15) is 0 Å². The molecule has 25 heavy (non-hydrogen) atoms. The fourth-order valence-electron chi connectivity index (χ4n) is 3.02. The third kappa shape index (κ3) is 3.30. The number of nitrogens with one attached hydrogen (secondary N) is 1. The van der Waals surface area contributed by atoms with Crippen molar-refractivity contribution in [3.63, 3.8) is 0 Å². The highest BCUT2D eigenvalue weighted by Crippen LogP contribution is 2.25. The van der Waals surface area contributed by atoms with E-state index in [0.717, 1.165) is 17.8 Å². The van der Waals surface area contributed by atoms with E-state index in [-0.39, 0.29) is 6.04 Å². The molecule has 1 unspecified atom stereocenters. The Kier molecular flexibility index (Phi) is 4.04. The summed E-state index contributed by atoms with van der Waals surface area (Å²) < 4.78 is 1.62. The second-order valence-corrected chi connectivity index (χ2v) is 6.00. The minimum atomic E-state index is 0.133. The Balaban J connectivity index is 1.67. The minimum Gasteiger partial charge on any atom is -0.384 e. The molecule has 0 saturated heterocycles. The number of aromatic nitrogens is 3. The zero-order valence-electron chi connectivity index (χ0n) is 13.7. The first kappa shape index (κ1) is 15.2. The molecule has 0 radical (unpaired) electrons. The summed E-state index contributed by atoms with van der Waals surface area (Å²) in [4.78, 5) is 4.24. The van der Waals surface area contributed by atoms with Crippen LogP contribution >= 0.6 is 0 Å². The van der Waals surface area contributed by atoms with Crippen LogP contribution in [0.5, 0.6) is 0 Å². The zero-order chi connectivity index (χ0) is 17.1. The van der Waals surface area contributed by atoms with Crippen molar-refractivity contribution in [2.24, 2.45) is 0 Å². The lowest BCUT2D eigenvalue weighted by Crippen LogP contribution is -2.14. The van der Waals surface area contributed by atoms with Gasteiger partial charge in [-0.3, -0.25) is 0 Å². The summed E-state index contributed by atoms with van der Waals surface area (Å²) in [5.41, 5.74) is 10.3. The monoisotopic (exact) mass is 329 g/mol. The standard InChI is InChI=1S/C20H19N5/c21-19-12-17(13-20-22-14-23-25(19)20)24-18(16-9-5-2-6-10-16)11-15-7-3-1-4-8-15/h1-10,12-14,18,24H,11,21H2. The van der Waals surface area contributed by atoms with Crippen molar-refractivity contribution in [1.82, 2.24) is 14.6 Å². The van der Waals surface area contributed by atoms with Crippen LogP contribution in [-0.2, 0) is 6.42 Å². The lowest BCUT2D eigenvalue weighted by molar-refractivity contribution is 0.775. The first-order valence-electron chi connectivity index (χ1n) is 8.24. The predicted octanol–water partition coefficient (Wildman–Crippen LogP) is 3.71. The lowest BCUT2D eigenvalue weighted by atomic mass is 9.98. The van der Waals surface area contributed by atoms with E-state index in [1.807, 2.05) is 24.3 Å². The fourth-order valence-corrected chi connectivity index (χ4v) is 3.02. The lowest BCUT2D eigenvalue weighted by Gasteiger charge is -2.21. The van der Waals surface area contributed by atoms with Gasteiger partial charge in [-0.25, -0.2) is 4.98 Å². The average molecular weight is 329 g/mol. The third-order valence-corrected chi connectivity index (χ3v) is 4.23. The van der Waals surface area contributed by atoms with Crippen LogP contribution in [0.1, 0.15) is 17.2 Å². The number of benzene rings is 2. The molecule has 2 heterocycles. The van der Waals surface area contributed by atoms with Gasteiger partial charge in [0.2, 0.25) is 0 Å². The number of nitrogens with two attached hydrogens (primary N) is 1. The first-order valence-corrected chi connectivity index (χ1v) is 8.24. The van der Waals surface area contributed by atoms with Crippen molar-refractivity contribution in [3.05, 3.63) is 90.3 Å². The van der Waals surface area contributed by atoms with Crippen LogP contribution in [0.15, 0.2) is 79.1 Å². The van der Waals surface area contributed by atoms with Gasteiger partial charge in [0.15, 0.2) is 5.65 Å². The van der Waals surface area contributed by atoms with Gasteiger partial charge in [0.1, 0.15) is 12.1 Å². The average Bonchev–Trinajstić information content (AvgIpc) is 3.12. The van der Waals surface area contributed by atoms with Crippen LogP contribution in [0.4, 0.5) is 11.5 Å². The number of hydrogen-bond acceptors (Lipinski definition) is 4. The highest BCUT2D eigenvalue weighted by Gasteiger charge is 2.13. The van der Waals surface area contributed by atoms with E-state index in [2.05, 4.69) is 63.9 Å². The number of fused-ring (bicyclic) bond motifs is 1. The molecule has 5 heteroatoms. The summed E-state index contributed by atoms with van der Waals surface area (Å²) in [7, 11) is 0. The van der Waals surface area contributed by atoms with Crippen LogP contribution in [0.25, 0.3) is 5.65 Å². The Hall–Kier alpha value is -3.34. The van der Waals surface area contributed by atoms with Crippen molar-refractivity contribution in [3.8, 4) is 0 Å². The molecule has 3 N–H and O–H groups in total. The second-order valence-electron chi connectivity index (χ2n) is 6.00. The number of rotatable bonds is 5. The minimum absolute atomic E-state index is 0.133. The maximum Gasteiger partial charge on any atom is 0.159 e. The van der Waals surface area contributed by atoms with Gasteiger partial charge in [-0.2, -0.15) is 9.61 Å². The SMILES string of the molecule is Nc1cc(NC(Cc2ccccc2)c2ccccc2)cc2ncnn12. The maximum atomic E-state index is 6.09. The molecule has 0 aliphatic carbocycles. The Morgan fingerprint density at radius 3 is 2.44 bits per heavy atom. The molecule has 4 rings (SSSR count). The molecule has 2 aromatic heterocycles. The highest BCUT2D eigenvalue weighted by molar-refractivity contribution is 5.61. The second kappa shape index (κ2) is 6.65. The summed E-state index contributed by atoms with van der Waals surface area (Å²) in [6.45, 7) is 0. The smallest absolute Gasteiger partial charge is 0.159 e. The number of hydrogen-bond donors (Lipinski definition) is 2. The summed E-state index contributed by atoms with van der Waals surface area (Å²) in [5.74, 6) is 0.559. The van der Waals surface area contributed by atoms with E-state index in [4.69, 9.17) is 5.73 Å². The van der Waals surface area contributed by atoms with Gasteiger partial charge in [0, 0.05) is 17.8 Å². The Bertz CT molecular complexity index is 963. The first-order chi connectivity index (χ1) is 12.3. The Morgan fingerprint density at radius 2 is 1.68 bits per heavy atom. The molecule has 2 aromatic carbocycles. The van der Waals surface area contributed by atoms with Crippen molar-refractivity contribution < 1.29 is 0 Å². The number of pyridine rings is 1. The summed E-state index contributed by atoms with van der Waals surface area (Å²) >= 11 is 0. The van der Waals surface area contributed by atoms with Gasteiger partial charge in [-0.05, 0) is 17.5 Å². The molecule has 4 aromatic rings. The van der Waals surface area contributed by atoms with Crippen molar-refractivity contribution in [2.75, 3.05) is 11.1 Å². The quantitative estimate of drug-likeness (QED) is 0.586. The van der Waals surface area contributed by atoms with Crippen LogP contribution in [0.3, 0.4) is 0 Å². The van der Waals surface area contributed by atoms with Gasteiger partial charge in [-0.1, -0.05) is 60.7 Å². The summed E-state index contributed by atoms with van der Waals surface area (Å²) in [6, 6.07) is 24.9. The van der Waals surface area contributed by atoms with Crippen molar-refractivity contribution in [1.29, 1.82) is 0 Å². The molecule has 1 atom stereocenters. The molecular weight excluding hydrogens is 310 g/mol. The summed E-state index contributed by atoms with van der Waals surface area (Å²) in [5, 5.41) is 7.72. The van der Waals surface area contributed by atoms with Gasteiger partial charge >= 0.3 is 0 Å². The topological polar surface area (TPSA) is 68.2 Å². The molecule has 0 amide bonds. The molecule has 0 fully saturated rings. The van der Waals surface area contributed by atoms with Crippen molar-refractivity contribution in [2.45, 2.75) is 12.5 Å². The highest BCUT2D eigenvalue weighted by atomic mass is 15.3. The van der Waals surface area contributed by atoms with E-state index in [1.54, 1.807) is 4.52 Å².